The number of nitrogens with zero attached hydrogens (tertiary/aromatic N) is 4. The summed E-state index contributed by atoms with van der Waals surface area (Å²) in [6.07, 6.45) is -1.60. The number of ether oxygens (including phenoxy) is 2. The summed E-state index contributed by atoms with van der Waals surface area (Å²) < 4.78 is 22.1. The van der Waals surface area contributed by atoms with Crippen molar-refractivity contribution in [1.82, 2.24) is 19.7 Å². The molecule has 1 saturated heterocycles. The number of nitrogens with two attached hydrogens (primary N) is 1. The second-order valence-corrected chi connectivity index (χ2v) is 6.39. The van der Waals surface area contributed by atoms with Gasteiger partial charge in [-0.3, -0.25) is 4.57 Å². The minimum Gasteiger partial charge on any atom is -1.00 e. The van der Waals surface area contributed by atoms with Gasteiger partial charge in [-0.05, 0) is 0 Å². The number of fused-ring (bicyclic) bond motifs is 1. The molecule has 0 spiro atoms. The quantitative estimate of drug-likeness (QED) is 0.293. The van der Waals surface area contributed by atoms with Crippen LogP contribution < -0.4 is 40.1 Å². The third-order valence-electron chi connectivity index (χ3n) is 3.09. The number of hydrogen-bond donors (Lipinski definition) is 4. The minimum atomic E-state index is -4.33. The van der Waals surface area contributed by atoms with Gasteiger partial charge in [-0.25, -0.2) is 15.0 Å². The zero-order valence-electron chi connectivity index (χ0n) is 13.6. The predicted octanol–water partition coefficient (Wildman–Crippen LogP) is -4.81. The van der Waals surface area contributed by atoms with Crippen LogP contribution in [0.2, 0.25) is 0 Å². The first-order valence-electron chi connectivity index (χ1n) is 6.41. The number of aliphatic hydroxyl groups excluding tert-OH is 1. The van der Waals surface area contributed by atoms with Crippen molar-refractivity contribution in [2.45, 2.75) is 18.5 Å². The average Bonchev–Trinajstić information content (AvgIpc) is 3.03. The monoisotopic (exact) mass is 371 g/mol. The second-order valence-electron chi connectivity index (χ2n) is 4.80. The molecule has 12 nitrogen and oxygen atoms in total. The summed E-state index contributed by atoms with van der Waals surface area (Å²) in [5, 5.41) is 10.1. The Kier molecular flexibility index (Phi) is 6.18. The van der Waals surface area contributed by atoms with E-state index in [1.807, 2.05) is 0 Å². The topological polar surface area (TPSA) is 175 Å². The molecule has 24 heavy (non-hydrogen) atoms. The fourth-order valence-corrected chi connectivity index (χ4v) is 2.40. The molecule has 1 aliphatic rings. The number of imidazole rings is 1. The number of aliphatic hydroxyl groups is 1. The third-order valence-corrected chi connectivity index (χ3v) is 3.58. The maximum Gasteiger partial charge on any atom is 1.00 e. The van der Waals surface area contributed by atoms with Crippen LogP contribution in [-0.2, 0) is 14.0 Å². The Morgan fingerprint density at radius 2 is 2.21 bits per heavy atom. The van der Waals surface area contributed by atoms with Crippen molar-refractivity contribution >= 4 is 24.6 Å². The number of aromatic nitrogens is 4. The first-order chi connectivity index (χ1) is 10.8. The molecule has 14 heteroatoms. The number of nitrogen functional groups attached to an aromatic ring is 1. The van der Waals surface area contributed by atoms with Gasteiger partial charge in [0, 0.05) is 0 Å². The SMILES string of the molecule is Nc1ncnc2c1ncn2OC1OC[C@H](OCP(=O)(O)O)[C@H]1O.[H-].[Na+]. The minimum absolute atomic E-state index is 0. The first-order valence-corrected chi connectivity index (χ1v) is 8.21. The zero-order chi connectivity index (χ0) is 16.6. The van der Waals surface area contributed by atoms with Crippen LogP contribution in [0.1, 0.15) is 1.43 Å². The summed E-state index contributed by atoms with van der Waals surface area (Å²) in [7, 11) is -4.33. The van der Waals surface area contributed by atoms with Crippen molar-refractivity contribution in [1.29, 1.82) is 0 Å². The molecule has 2 aromatic heterocycles. The Morgan fingerprint density at radius 3 is 2.92 bits per heavy atom. The van der Waals surface area contributed by atoms with Crippen LogP contribution in [0.3, 0.4) is 0 Å². The standard InChI is InChI=1S/C10H14N5O7P.Na.H/c11-8-6-9(13-2-12-8)15(3-14-6)22-10-7(16)5(1-20-10)21-4-23(17,18)19;;/h2-3,5,7,10,16H,1,4H2,(H2,11,12,13)(H2,17,18,19);;/q;+1;-1/t5-,7+,10?;;/m0../s1. The molecule has 0 aromatic carbocycles. The van der Waals surface area contributed by atoms with Gasteiger partial charge in [-0.15, -0.1) is 4.73 Å². The van der Waals surface area contributed by atoms with E-state index in [1.54, 1.807) is 0 Å². The summed E-state index contributed by atoms with van der Waals surface area (Å²) in [6.45, 7) is -0.0877. The van der Waals surface area contributed by atoms with E-state index >= 15 is 0 Å². The maximum atomic E-state index is 10.8. The van der Waals surface area contributed by atoms with E-state index in [9.17, 15) is 9.67 Å². The normalized spacial score (nSPS) is 24.0. The molecule has 1 unspecified atom stereocenters. The number of hydrogen-bond acceptors (Lipinski definition) is 9. The van der Waals surface area contributed by atoms with Gasteiger partial charge in [0.1, 0.15) is 31.2 Å². The van der Waals surface area contributed by atoms with Crippen molar-refractivity contribution in [2.75, 3.05) is 18.7 Å². The predicted molar refractivity (Wildman–Crippen MR) is 75.0 cm³/mol. The molecular formula is C10H15N5NaO7P. The van der Waals surface area contributed by atoms with E-state index in [2.05, 4.69) is 15.0 Å². The van der Waals surface area contributed by atoms with Gasteiger partial charge < -0.3 is 36.4 Å². The second kappa shape index (κ2) is 7.60. The Labute approximate surface area is 158 Å². The molecule has 3 rings (SSSR count). The molecular weight excluding hydrogens is 356 g/mol. The fourth-order valence-electron chi connectivity index (χ4n) is 2.02. The van der Waals surface area contributed by atoms with Gasteiger partial charge in [-0.1, -0.05) is 0 Å². The van der Waals surface area contributed by atoms with Crippen molar-refractivity contribution < 1.29 is 64.8 Å². The summed E-state index contributed by atoms with van der Waals surface area (Å²) in [5.41, 5.74) is 6.26. The molecule has 0 radical (unpaired) electrons. The Morgan fingerprint density at radius 1 is 1.46 bits per heavy atom. The van der Waals surface area contributed by atoms with Gasteiger partial charge in [0.2, 0.25) is 5.65 Å². The van der Waals surface area contributed by atoms with E-state index < -0.39 is 32.4 Å². The number of anilines is 1. The van der Waals surface area contributed by atoms with Crippen LogP contribution in [0.4, 0.5) is 5.82 Å². The van der Waals surface area contributed by atoms with Crippen LogP contribution in [0.25, 0.3) is 11.2 Å². The molecule has 128 valence electrons. The Hall–Kier alpha value is -0.820. The van der Waals surface area contributed by atoms with E-state index in [4.69, 9.17) is 29.8 Å². The first kappa shape index (κ1) is 19.5. The van der Waals surface area contributed by atoms with Gasteiger partial charge >= 0.3 is 37.2 Å². The average molecular weight is 371 g/mol. The van der Waals surface area contributed by atoms with Crippen LogP contribution in [-0.4, -0.2) is 66.0 Å². The van der Waals surface area contributed by atoms with Crippen LogP contribution in [0.5, 0.6) is 0 Å². The Balaban J connectivity index is 0.00000156. The third kappa shape index (κ3) is 4.23. The van der Waals surface area contributed by atoms with Crippen molar-refractivity contribution in [3.63, 3.8) is 0 Å². The van der Waals surface area contributed by atoms with E-state index in [0.717, 1.165) is 4.73 Å². The van der Waals surface area contributed by atoms with Gasteiger partial charge in [0.25, 0.3) is 6.29 Å². The summed E-state index contributed by atoms with van der Waals surface area (Å²) in [5.74, 6) is 0.174. The number of rotatable bonds is 5. The van der Waals surface area contributed by atoms with Gasteiger partial charge in [-0.2, -0.15) is 0 Å². The van der Waals surface area contributed by atoms with Crippen molar-refractivity contribution in [3.05, 3.63) is 12.7 Å². The summed E-state index contributed by atoms with van der Waals surface area (Å²) in [4.78, 5) is 34.7. The molecule has 1 aliphatic heterocycles. The zero-order valence-corrected chi connectivity index (χ0v) is 15.5. The van der Waals surface area contributed by atoms with Crippen LogP contribution in [0, 0.1) is 0 Å². The van der Waals surface area contributed by atoms with Crippen LogP contribution >= 0.6 is 7.60 Å². The van der Waals surface area contributed by atoms with Crippen molar-refractivity contribution in [2.24, 2.45) is 0 Å². The molecule has 0 saturated carbocycles. The fraction of sp³-hybridized carbons (Fsp3) is 0.500. The maximum absolute atomic E-state index is 10.8. The molecule has 1 fully saturated rings. The van der Waals surface area contributed by atoms with Gasteiger partial charge in [0.05, 0.1) is 6.61 Å². The van der Waals surface area contributed by atoms with Crippen molar-refractivity contribution in [3.8, 4) is 0 Å². The van der Waals surface area contributed by atoms with Crippen LogP contribution in [0.15, 0.2) is 12.7 Å². The van der Waals surface area contributed by atoms with E-state index in [-0.39, 0.29) is 49.1 Å². The van der Waals surface area contributed by atoms with E-state index in [1.165, 1.54) is 12.7 Å². The van der Waals surface area contributed by atoms with E-state index in [0.29, 0.717) is 5.52 Å². The smallest absolute Gasteiger partial charge is 1.00 e. The molecule has 0 aliphatic carbocycles. The molecule has 3 atom stereocenters. The summed E-state index contributed by atoms with van der Waals surface area (Å²) in [6, 6.07) is 0. The largest absolute Gasteiger partial charge is 1.00 e. The molecule has 0 amide bonds. The molecule has 0 bridgehead atoms. The van der Waals surface area contributed by atoms with Gasteiger partial charge in [0.15, 0.2) is 11.3 Å². The molecule has 3 heterocycles. The Bertz CT molecular complexity index is 760. The molecule has 5 N–H and O–H groups in total. The molecule has 2 aromatic rings. The summed E-state index contributed by atoms with van der Waals surface area (Å²) >= 11 is 0.